The summed E-state index contributed by atoms with van der Waals surface area (Å²) in [6.07, 6.45) is -0.594. The maximum atomic E-state index is 11.8. The smallest absolute Gasteiger partial charge is 0.332 e. The molecule has 98 valence electrons. The van der Waals surface area contributed by atoms with Crippen LogP contribution in [0, 0.1) is 0 Å². The Morgan fingerprint density at radius 1 is 1.41 bits per heavy atom. The molecule has 0 aromatic rings. The molecule has 0 bridgehead atoms. The lowest BCUT2D eigenvalue weighted by Crippen LogP contribution is -2.44. The fraction of sp³-hybridized carbons (Fsp3) is 0.818. The molecule has 17 heavy (non-hydrogen) atoms. The van der Waals surface area contributed by atoms with E-state index in [4.69, 9.17) is 9.84 Å². The minimum atomic E-state index is -0.998. The Bertz CT molecular complexity index is 293. The number of carboxylic acid groups (broad SMARTS) is 1. The molecule has 1 rings (SSSR count). The maximum Gasteiger partial charge on any atom is 0.332 e. The van der Waals surface area contributed by atoms with Crippen LogP contribution in [0.5, 0.6) is 0 Å². The molecule has 6 heteroatoms. The predicted molar refractivity (Wildman–Crippen MR) is 61.7 cm³/mol. The van der Waals surface area contributed by atoms with Gasteiger partial charge in [-0.05, 0) is 33.9 Å². The summed E-state index contributed by atoms with van der Waals surface area (Å²) in [4.78, 5) is 24.4. The van der Waals surface area contributed by atoms with Crippen molar-refractivity contribution in [1.29, 1.82) is 0 Å². The van der Waals surface area contributed by atoms with E-state index in [1.807, 2.05) is 25.9 Å². The van der Waals surface area contributed by atoms with Gasteiger partial charge in [0.15, 0.2) is 6.10 Å². The molecule has 3 atom stereocenters. The van der Waals surface area contributed by atoms with Gasteiger partial charge in [0.05, 0.1) is 0 Å². The van der Waals surface area contributed by atoms with Gasteiger partial charge in [-0.3, -0.25) is 4.79 Å². The van der Waals surface area contributed by atoms with E-state index in [1.165, 1.54) is 0 Å². The average Bonchev–Trinajstić information content (AvgIpc) is 2.64. The molecule has 1 amide bonds. The van der Waals surface area contributed by atoms with Crippen molar-refractivity contribution in [3.63, 3.8) is 0 Å². The summed E-state index contributed by atoms with van der Waals surface area (Å²) >= 11 is 0. The number of aliphatic carboxylic acids is 1. The van der Waals surface area contributed by atoms with Crippen LogP contribution >= 0.6 is 0 Å². The molecule has 1 aliphatic heterocycles. The Labute approximate surface area is 101 Å². The summed E-state index contributed by atoms with van der Waals surface area (Å²) < 4.78 is 5.17. The van der Waals surface area contributed by atoms with E-state index < -0.39 is 18.2 Å². The third-order valence-corrected chi connectivity index (χ3v) is 2.62. The second kappa shape index (κ2) is 5.97. The van der Waals surface area contributed by atoms with E-state index >= 15 is 0 Å². The molecule has 0 saturated carbocycles. The number of likely N-dealkylation sites (N-methyl/N-ethyl adjacent to an activating group) is 1. The topological polar surface area (TPSA) is 78.9 Å². The second-order valence-electron chi connectivity index (χ2n) is 4.70. The van der Waals surface area contributed by atoms with E-state index in [1.54, 1.807) is 0 Å². The molecule has 0 spiro atoms. The minimum absolute atomic E-state index is 0.0185. The fourth-order valence-corrected chi connectivity index (χ4v) is 1.94. The number of nitrogens with zero attached hydrogens (tertiary/aromatic N) is 1. The summed E-state index contributed by atoms with van der Waals surface area (Å²) in [5, 5.41) is 11.6. The van der Waals surface area contributed by atoms with Gasteiger partial charge in [0.25, 0.3) is 0 Å². The van der Waals surface area contributed by atoms with Crippen LogP contribution in [0.25, 0.3) is 0 Å². The zero-order chi connectivity index (χ0) is 13.0. The quantitative estimate of drug-likeness (QED) is 0.693. The highest BCUT2D eigenvalue weighted by molar-refractivity contribution is 5.82. The predicted octanol–water partition coefficient (Wildman–Crippen LogP) is -0.315. The van der Waals surface area contributed by atoms with Crippen LogP contribution in [0.4, 0.5) is 0 Å². The van der Waals surface area contributed by atoms with E-state index in [0.717, 1.165) is 6.54 Å². The van der Waals surface area contributed by atoms with Gasteiger partial charge in [0, 0.05) is 12.6 Å². The van der Waals surface area contributed by atoms with E-state index in [9.17, 15) is 9.59 Å². The number of hydrogen-bond donors (Lipinski definition) is 2. The normalized spacial score (nSPS) is 25.9. The Morgan fingerprint density at radius 3 is 2.47 bits per heavy atom. The lowest BCUT2D eigenvalue weighted by atomic mass is 10.2. The van der Waals surface area contributed by atoms with Gasteiger partial charge in [0.1, 0.15) is 6.10 Å². The summed E-state index contributed by atoms with van der Waals surface area (Å²) in [6.45, 7) is 2.64. The highest BCUT2D eigenvalue weighted by atomic mass is 16.5. The van der Waals surface area contributed by atoms with Crippen LogP contribution in [-0.2, 0) is 14.3 Å². The molecule has 6 nitrogen and oxygen atoms in total. The van der Waals surface area contributed by atoms with Crippen LogP contribution in [0.15, 0.2) is 0 Å². The van der Waals surface area contributed by atoms with Gasteiger partial charge in [-0.2, -0.15) is 0 Å². The van der Waals surface area contributed by atoms with Gasteiger partial charge in [0.2, 0.25) is 5.91 Å². The first kappa shape index (κ1) is 13.9. The largest absolute Gasteiger partial charge is 0.479 e. The molecule has 0 radical (unpaired) electrons. The third-order valence-electron chi connectivity index (χ3n) is 2.62. The molecule has 2 N–H and O–H groups in total. The average molecular weight is 244 g/mol. The Hall–Kier alpha value is -1.14. The monoisotopic (exact) mass is 244 g/mol. The van der Waals surface area contributed by atoms with Crippen LogP contribution in [-0.4, -0.2) is 60.8 Å². The van der Waals surface area contributed by atoms with Gasteiger partial charge in [-0.15, -0.1) is 0 Å². The number of carboxylic acids is 1. The summed E-state index contributed by atoms with van der Waals surface area (Å²) in [5.74, 6) is -1.22. The molecule has 0 aliphatic carbocycles. The Balaban J connectivity index is 2.37. The summed E-state index contributed by atoms with van der Waals surface area (Å²) in [7, 11) is 3.85. The first-order chi connectivity index (χ1) is 7.90. The molecule has 0 aromatic heterocycles. The summed E-state index contributed by atoms with van der Waals surface area (Å²) in [5.41, 5.74) is 0. The number of hydrogen-bond acceptors (Lipinski definition) is 4. The molecule has 1 heterocycles. The maximum absolute atomic E-state index is 11.8. The van der Waals surface area contributed by atoms with Crippen molar-refractivity contribution in [2.24, 2.45) is 0 Å². The van der Waals surface area contributed by atoms with Crippen LogP contribution in [0.2, 0.25) is 0 Å². The highest BCUT2D eigenvalue weighted by Crippen LogP contribution is 2.19. The number of nitrogens with one attached hydrogen (secondary N) is 1. The molecule has 1 aliphatic rings. The fourth-order valence-electron chi connectivity index (χ4n) is 1.94. The van der Waals surface area contributed by atoms with Crippen molar-refractivity contribution < 1.29 is 19.4 Å². The third kappa shape index (κ3) is 4.32. The van der Waals surface area contributed by atoms with E-state index in [-0.39, 0.29) is 11.9 Å². The molecule has 0 aromatic carbocycles. The van der Waals surface area contributed by atoms with Gasteiger partial charge >= 0.3 is 5.97 Å². The Morgan fingerprint density at radius 2 is 2.00 bits per heavy atom. The van der Waals surface area contributed by atoms with Crippen LogP contribution in [0.3, 0.4) is 0 Å². The van der Waals surface area contributed by atoms with Crippen molar-refractivity contribution >= 4 is 11.9 Å². The number of amides is 1. The van der Waals surface area contributed by atoms with Crippen molar-refractivity contribution in [3.05, 3.63) is 0 Å². The number of ether oxygens (including phenoxy) is 1. The first-order valence-electron chi connectivity index (χ1n) is 5.73. The second-order valence-corrected chi connectivity index (χ2v) is 4.70. The molecule has 1 fully saturated rings. The lowest BCUT2D eigenvalue weighted by Gasteiger charge is -2.20. The Kier molecular flexibility index (Phi) is 4.89. The van der Waals surface area contributed by atoms with Crippen molar-refractivity contribution in [3.8, 4) is 0 Å². The SMILES string of the molecule is CC(CN(C)C)NC(=O)[C@@H]1CC[C@H](C(=O)O)O1. The zero-order valence-corrected chi connectivity index (χ0v) is 10.5. The standard InChI is InChI=1S/C11H20N2O4/c1-7(6-13(2)3)12-10(14)8-4-5-9(17-8)11(15)16/h7-9H,4-6H2,1-3H3,(H,12,14)(H,15,16)/t7?,8-,9+/m0/s1. The van der Waals surface area contributed by atoms with Gasteiger partial charge in [-0.1, -0.05) is 0 Å². The minimum Gasteiger partial charge on any atom is -0.479 e. The molecule has 1 saturated heterocycles. The van der Waals surface area contributed by atoms with Crippen molar-refractivity contribution in [1.82, 2.24) is 10.2 Å². The van der Waals surface area contributed by atoms with Gasteiger partial charge in [-0.25, -0.2) is 4.79 Å². The summed E-state index contributed by atoms with van der Waals surface area (Å²) in [6, 6.07) is 0.0185. The van der Waals surface area contributed by atoms with Crippen molar-refractivity contribution in [2.45, 2.75) is 38.0 Å². The zero-order valence-electron chi connectivity index (χ0n) is 10.5. The van der Waals surface area contributed by atoms with Gasteiger partial charge < -0.3 is 20.1 Å². The highest BCUT2D eigenvalue weighted by Gasteiger charge is 2.34. The molecular weight excluding hydrogens is 224 g/mol. The van der Waals surface area contributed by atoms with Crippen LogP contribution < -0.4 is 5.32 Å². The lowest BCUT2D eigenvalue weighted by molar-refractivity contribution is -0.151. The van der Waals surface area contributed by atoms with E-state index in [0.29, 0.717) is 12.8 Å². The number of carbonyl (C=O) groups excluding carboxylic acids is 1. The molecule has 1 unspecified atom stereocenters. The van der Waals surface area contributed by atoms with E-state index in [2.05, 4.69) is 5.32 Å². The van der Waals surface area contributed by atoms with Crippen molar-refractivity contribution in [2.75, 3.05) is 20.6 Å². The first-order valence-corrected chi connectivity index (χ1v) is 5.73. The van der Waals surface area contributed by atoms with Crippen LogP contribution in [0.1, 0.15) is 19.8 Å². The molecular formula is C11H20N2O4. The number of carbonyl (C=O) groups is 2. The number of rotatable bonds is 5.